The molecule has 2 rings (SSSR count). The molecule has 1 aliphatic rings. The predicted octanol–water partition coefficient (Wildman–Crippen LogP) is 3.74. The Labute approximate surface area is 118 Å². The van der Waals surface area contributed by atoms with E-state index in [1.807, 2.05) is 7.05 Å². The lowest BCUT2D eigenvalue weighted by molar-refractivity contribution is -0.387. The molecular weight excluding hydrogens is 259 g/mol. The lowest BCUT2D eigenvalue weighted by atomic mass is 9.86. The van der Waals surface area contributed by atoms with Crippen LogP contribution in [0.1, 0.15) is 38.2 Å². The van der Waals surface area contributed by atoms with Crippen LogP contribution >= 0.6 is 0 Å². The summed E-state index contributed by atoms with van der Waals surface area (Å²) in [6.07, 6.45) is 4.83. The van der Waals surface area contributed by atoms with E-state index >= 15 is 0 Å². The van der Waals surface area contributed by atoms with Gasteiger partial charge >= 0.3 is 5.69 Å². The van der Waals surface area contributed by atoms with Gasteiger partial charge in [0, 0.05) is 18.7 Å². The van der Waals surface area contributed by atoms with Crippen molar-refractivity contribution in [3.8, 4) is 0 Å². The van der Waals surface area contributed by atoms with E-state index in [4.69, 9.17) is 0 Å². The van der Waals surface area contributed by atoms with Gasteiger partial charge in [-0.15, -0.1) is 0 Å². The normalized spacial score (nSPS) is 23.0. The molecule has 0 unspecified atom stereocenters. The number of rotatable bonds is 4. The van der Waals surface area contributed by atoms with E-state index in [1.165, 1.54) is 37.8 Å². The van der Waals surface area contributed by atoms with Crippen LogP contribution in [-0.4, -0.2) is 22.9 Å². The number of nitro benzene ring substituents is 1. The molecule has 0 radical (unpaired) electrons. The zero-order valence-corrected chi connectivity index (χ0v) is 12.0. The van der Waals surface area contributed by atoms with Crippen molar-refractivity contribution in [2.75, 3.05) is 7.05 Å². The fourth-order valence-corrected chi connectivity index (χ4v) is 2.90. The van der Waals surface area contributed by atoms with Gasteiger partial charge in [-0.1, -0.05) is 13.0 Å². The zero-order valence-electron chi connectivity index (χ0n) is 12.0. The Kier molecular flexibility index (Phi) is 4.70. The summed E-state index contributed by atoms with van der Waals surface area (Å²) in [6, 6.07) is 4.70. The third-order valence-corrected chi connectivity index (χ3v) is 4.25. The Balaban J connectivity index is 1.99. The number of hydrogen-bond acceptors (Lipinski definition) is 3. The highest BCUT2D eigenvalue weighted by Gasteiger charge is 2.22. The standard InChI is InChI=1S/C15H21FN2O2/c1-11-3-6-13(7-4-11)17(2)10-12-5-8-15(18(19)20)14(16)9-12/h5,8-9,11,13H,3-4,6-7,10H2,1-2H3. The maximum absolute atomic E-state index is 13.6. The van der Waals surface area contributed by atoms with Crippen LogP contribution in [0.25, 0.3) is 0 Å². The number of benzene rings is 1. The average Bonchev–Trinajstić information content (AvgIpc) is 2.39. The van der Waals surface area contributed by atoms with Crippen molar-refractivity contribution in [2.45, 2.75) is 45.2 Å². The minimum absolute atomic E-state index is 0.456. The first kappa shape index (κ1) is 14.9. The lowest BCUT2D eigenvalue weighted by Crippen LogP contribution is -2.34. The smallest absolute Gasteiger partial charge is 0.299 e. The van der Waals surface area contributed by atoms with Gasteiger partial charge in [-0.25, -0.2) is 0 Å². The maximum Gasteiger partial charge on any atom is 0.304 e. The average molecular weight is 280 g/mol. The van der Waals surface area contributed by atoms with Crippen molar-refractivity contribution in [1.82, 2.24) is 4.90 Å². The highest BCUT2D eigenvalue weighted by Crippen LogP contribution is 2.27. The Bertz CT molecular complexity index is 485. The van der Waals surface area contributed by atoms with Crippen molar-refractivity contribution in [3.05, 3.63) is 39.7 Å². The molecule has 0 N–H and O–H groups in total. The highest BCUT2D eigenvalue weighted by molar-refractivity contribution is 5.34. The number of halogens is 1. The van der Waals surface area contributed by atoms with Crippen molar-refractivity contribution in [1.29, 1.82) is 0 Å². The van der Waals surface area contributed by atoms with Gasteiger partial charge in [-0.05, 0) is 50.3 Å². The van der Waals surface area contributed by atoms with Crippen LogP contribution in [0.4, 0.5) is 10.1 Å². The Morgan fingerprint density at radius 2 is 2.00 bits per heavy atom. The minimum atomic E-state index is -0.752. The van der Waals surface area contributed by atoms with Gasteiger partial charge in [0.15, 0.2) is 0 Å². The molecule has 0 bridgehead atoms. The van der Waals surface area contributed by atoms with Gasteiger partial charge < -0.3 is 0 Å². The summed E-state index contributed by atoms with van der Waals surface area (Å²) in [6.45, 7) is 2.91. The second-order valence-electron chi connectivity index (χ2n) is 5.87. The van der Waals surface area contributed by atoms with Crippen LogP contribution in [0.2, 0.25) is 0 Å². The number of nitro groups is 1. The molecule has 1 saturated carbocycles. The Hall–Kier alpha value is -1.49. The quantitative estimate of drug-likeness (QED) is 0.623. The molecule has 4 nitrogen and oxygen atoms in total. The number of nitrogens with zero attached hydrogens (tertiary/aromatic N) is 2. The van der Waals surface area contributed by atoms with E-state index in [2.05, 4.69) is 11.8 Å². The van der Waals surface area contributed by atoms with Gasteiger partial charge in [0.25, 0.3) is 0 Å². The van der Waals surface area contributed by atoms with Gasteiger partial charge in [0.1, 0.15) is 0 Å². The van der Waals surface area contributed by atoms with Crippen molar-refractivity contribution >= 4 is 5.69 Å². The Morgan fingerprint density at radius 3 is 2.55 bits per heavy atom. The summed E-state index contributed by atoms with van der Waals surface area (Å²) in [5, 5.41) is 10.6. The summed E-state index contributed by atoms with van der Waals surface area (Å²) in [7, 11) is 2.04. The van der Waals surface area contributed by atoms with Crippen LogP contribution in [0.3, 0.4) is 0 Å². The third kappa shape index (κ3) is 3.54. The highest BCUT2D eigenvalue weighted by atomic mass is 19.1. The summed E-state index contributed by atoms with van der Waals surface area (Å²) < 4.78 is 13.6. The molecule has 5 heteroatoms. The molecule has 0 amide bonds. The molecule has 0 aromatic heterocycles. The molecule has 0 aliphatic heterocycles. The molecule has 110 valence electrons. The summed E-state index contributed by atoms with van der Waals surface area (Å²) in [5.41, 5.74) is 0.331. The first-order chi connectivity index (χ1) is 9.47. The SMILES string of the molecule is CC1CCC(N(C)Cc2ccc([N+](=O)[O-])c(F)c2)CC1. The maximum atomic E-state index is 13.6. The second-order valence-corrected chi connectivity index (χ2v) is 5.87. The fraction of sp³-hybridized carbons (Fsp3) is 0.600. The topological polar surface area (TPSA) is 46.4 Å². The third-order valence-electron chi connectivity index (χ3n) is 4.25. The second kappa shape index (κ2) is 6.31. The van der Waals surface area contributed by atoms with Gasteiger partial charge in [-0.3, -0.25) is 15.0 Å². The van der Waals surface area contributed by atoms with Crippen molar-refractivity contribution < 1.29 is 9.31 Å². The largest absolute Gasteiger partial charge is 0.304 e. The predicted molar refractivity (Wildman–Crippen MR) is 75.9 cm³/mol. The van der Waals surface area contributed by atoms with Gasteiger partial charge in [0.05, 0.1) is 4.92 Å². The van der Waals surface area contributed by atoms with Gasteiger partial charge in [-0.2, -0.15) is 4.39 Å². The monoisotopic (exact) mass is 280 g/mol. The van der Waals surface area contributed by atoms with E-state index in [0.29, 0.717) is 12.6 Å². The van der Waals surface area contributed by atoms with Crippen LogP contribution in [0, 0.1) is 21.8 Å². The van der Waals surface area contributed by atoms with Crippen LogP contribution in [-0.2, 0) is 6.54 Å². The molecule has 0 heterocycles. The first-order valence-corrected chi connectivity index (χ1v) is 7.10. The van der Waals surface area contributed by atoms with Gasteiger partial charge in [0.2, 0.25) is 5.82 Å². The van der Waals surface area contributed by atoms with Crippen LogP contribution in [0.15, 0.2) is 18.2 Å². The molecule has 0 saturated heterocycles. The summed E-state index contributed by atoms with van der Waals surface area (Å²) >= 11 is 0. The molecule has 1 aromatic rings. The molecule has 1 aromatic carbocycles. The van der Waals surface area contributed by atoms with Crippen molar-refractivity contribution in [3.63, 3.8) is 0 Å². The fourth-order valence-electron chi connectivity index (χ4n) is 2.90. The molecule has 1 aliphatic carbocycles. The van der Waals surface area contributed by atoms with Crippen LogP contribution < -0.4 is 0 Å². The molecule has 0 spiro atoms. The zero-order chi connectivity index (χ0) is 14.7. The molecule has 0 atom stereocenters. The van der Waals surface area contributed by atoms with E-state index < -0.39 is 16.4 Å². The molecule has 1 fully saturated rings. The summed E-state index contributed by atoms with van der Waals surface area (Å²) in [4.78, 5) is 12.1. The van der Waals surface area contributed by atoms with Crippen LogP contribution in [0.5, 0.6) is 0 Å². The summed E-state index contributed by atoms with van der Waals surface area (Å²) in [5.74, 6) is 0.0506. The number of hydrogen-bond donors (Lipinski definition) is 0. The molecular formula is C15H21FN2O2. The lowest BCUT2D eigenvalue weighted by Gasteiger charge is -2.33. The minimum Gasteiger partial charge on any atom is -0.299 e. The van der Waals surface area contributed by atoms with E-state index in [1.54, 1.807) is 6.07 Å². The molecule has 20 heavy (non-hydrogen) atoms. The first-order valence-electron chi connectivity index (χ1n) is 7.10. The van der Waals surface area contributed by atoms with E-state index in [9.17, 15) is 14.5 Å². The van der Waals surface area contributed by atoms with E-state index in [-0.39, 0.29) is 0 Å². The van der Waals surface area contributed by atoms with Crippen molar-refractivity contribution in [2.24, 2.45) is 5.92 Å². The van der Waals surface area contributed by atoms with E-state index in [0.717, 1.165) is 11.5 Å². The Morgan fingerprint density at radius 1 is 1.35 bits per heavy atom.